The van der Waals surface area contributed by atoms with Crippen LogP contribution in [0.3, 0.4) is 0 Å². The van der Waals surface area contributed by atoms with Gasteiger partial charge in [-0.05, 0) is 48.7 Å². The zero-order valence-corrected chi connectivity index (χ0v) is 16.3. The van der Waals surface area contributed by atoms with Crippen LogP contribution in [-0.2, 0) is 16.8 Å². The van der Waals surface area contributed by atoms with Crippen molar-refractivity contribution >= 4 is 23.5 Å². The number of carbonyl (C=O) groups excluding carboxylic acids is 2. The summed E-state index contributed by atoms with van der Waals surface area (Å²) in [5.41, 5.74) is 0.943. The summed E-state index contributed by atoms with van der Waals surface area (Å²) in [6.45, 7) is 4.26. The van der Waals surface area contributed by atoms with Crippen molar-refractivity contribution in [1.29, 1.82) is 0 Å². The number of ether oxygens (including phenoxy) is 1. The highest BCUT2D eigenvalue weighted by Gasteiger charge is 2.48. The average Bonchev–Trinajstić information content (AvgIpc) is 2.88. The first-order valence-electron chi connectivity index (χ1n) is 9.06. The summed E-state index contributed by atoms with van der Waals surface area (Å²) in [5.74, 6) is 0.371. The third-order valence-electron chi connectivity index (χ3n) is 4.74. The molecule has 0 radical (unpaired) electrons. The summed E-state index contributed by atoms with van der Waals surface area (Å²) >= 11 is 5.84. The van der Waals surface area contributed by atoms with Crippen LogP contribution >= 0.6 is 11.6 Å². The van der Waals surface area contributed by atoms with Crippen LogP contribution in [0.2, 0.25) is 5.02 Å². The maximum absolute atomic E-state index is 12.9. The van der Waals surface area contributed by atoms with Crippen molar-refractivity contribution in [2.75, 3.05) is 13.2 Å². The second kappa shape index (κ2) is 8.01. The van der Waals surface area contributed by atoms with Gasteiger partial charge in [-0.2, -0.15) is 0 Å². The Kier molecular flexibility index (Phi) is 5.71. The zero-order valence-electron chi connectivity index (χ0n) is 15.5. The summed E-state index contributed by atoms with van der Waals surface area (Å²) in [7, 11) is 0. The third kappa shape index (κ3) is 4.08. The lowest BCUT2D eigenvalue weighted by atomic mass is 9.91. The number of imide groups is 1. The molecule has 0 spiro atoms. The fraction of sp³-hybridized carbons (Fsp3) is 0.333. The largest absolute Gasteiger partial charge is 0.492 e. The Morgan fingerprint density at radius 2 is 1.74 bits per heavy atom. The molecule has 1 saturated heterocycles. The molecular weight excluding hydrogens is 364 g/mol. The van der Waals surface area contributed by atoms with Crippen molar-refractivity contribution in [2.45, 2.75) is 32.2 Å². The first-order valence-corrected chi connectivity index (χ1v) is 9.43. The van der Waals surface area contributed by atoms with Crippen LogP contribution < -0.4 is 10.1 Å². The van der Waals surface area contributed by atoms with Gasteiger partial charge < -0.3 is 10.1 Å². The molecule has 2 aromatic carbocycles. The summed E-state index contributed by atoms with van der Waals surface area (Å²) in [4.78, 5) is 26.5. The second-order valence-corrected chi connectivity index (χ2v) is 7.20. The highest BCUT2D eigenvalue weighted by molar-refractivity contribution is 6.30. The minimum absolute atomic E-state index is 0.177. The SMILES string of the molecule is CCCc1ccc(C2(C)NC(=O)N(CCOc3ccc(Cl)cc3)C2=O)cc1. The smallest absolute Gasteiger partial charge is 0.325 e. The molecule has 27 heavy (non-hydrogen) atoms. The van der Waals surface area contributed by atoms with E-state index in [1.54, 1.807) is 31.2 Å². The highest BCUT2D eigenvalue weighted by Crippen LogP contribution is 2.29. The number of hydrogen-bond donors (Lipinski definition) is 1. The summed E-state index contributed by atoms with van der Waals surface area (Å²) < 4.78 is 5.60. The van der Waals surface area contributed by atoms with E-state index in [2.05, 4.69) is 12.2 Å². The standard InChI is InChI=1S/C21H23ClN2O3/c1-3-4-15-5-7-16(8-6-15)21(2)19(25)24(20(26)23-21)13-14-27-18-11-9-17(22)10-12-18/h5-12H,3-4,13-14H2,1-2H3,(H,23,26). The van der Waals surface area contributed by atoms with Crippen molar-refractivity contribution in [3.8, 4) is 5.75 Å². The maximum Gasteiger partial charge on any atom is 0.325 e. The van der Waals surface area contributed by atoms with E-state index < -0.39 is 11.6 Å². The van der Waals surface area contributed by atoms with Crippen molar-refractivity contribution in [3.05, 3.63) is 64.7 Å². The molecule has 3 rings (SSSR count). The van der Waals surface area contributed by atoms with Crippen LogP contribution in [0, 0.1) is 0 Å². The summed E-state index contributed by atoms with van der Waals surface area (Å²) in [6, 6.07) is 14.4. The number of aryl methyl sites for hydroxylation is 1. The number of benzene rings is 2. The third-order valence-corrected chi connectivity index (χ3v) is 4.99. The van der Waals surface area contributed by atoms with Gasteiger partial charge in [0.1, 0.15) is 17.9 Å². The normalized spacial score (nSPS) is 19.3. The fourth-order valence-electron chi connectivity index (χ4n) is 3.17. The number of nitrogens with one attached hydrogen (secondary N) is 1. The molecule has 0 bridgehead atoms. The Hall–Kier alpha value is -2.53. The van der Waals surface area contributed by atoms with Gasteiger partial charge in [0, 0.05) is 5.02 Å². The van der Waals surface area contributed by atoms with Gasteiger partial charge in [0.15, 0.2) is 0 Å². The number of hydrogen-bond acceptors (Lipinski definition) is 3. The van der Waals surface area contributed by atoms with E-state index in [4.69, 9.17) is 16.3 Å². The van der Waals surface area contributed by atoms with Crippen molar-refractivity contribution < 1.29 is 14.3 Å². The van der Waals surface area contributed by atoms with Crippen LogP contribution in [0.5, 0.6) is 5.75 Å². The average molecular weight is 387 g/mol. The maximum atomic E-state index is 12.9. The Bertz CT molecular complexity index is 820. The zero-order chi connectivity index (χ0) is 19.4. The Labute approximate surface area is 164 Å². The van der Waals surface area contributed by atoms with Crippen molar-refractivity contribution in [3.63, 3.8) is 0 Å². The van der Waals surface area contributed by atoms with Crippen molar-refractivity contribution in [2.24, 2.45) is 0 Å². The number of carbonyl (C=O) groups is 2. The van der Waals surface area contributed by atoms with Crippen LogP contribution in [0.25, 0.3) is 0 Å². The molecule has 5 nitrogen and oxygen atoms in total. The minimum atomic E-state index is -1.05. The van der Waals surface area contributed by atoms with E-state index in [-0.39, 0.29) is 19.1 Å². The molecule has 6 heteroatoms. The number of rotatable bonds is 7. The van der Waals surface area contributed by atoms with Crippen LogP contribution in [0.15, 0.2) is 48.5 Å². The fourth-order valence-corrected chi connectivity index (χ4v) is 3.30. The molecule has 1 heterocycles. The summed E-state index contributed by atoms with van der Waals surface area (Å²) in [5, 5.41) is 3.44. The molecule has 1 fully saturated rings. The van der Waals surface area contributed by atoms with Crippen molar-refractivity contribution in [1.82, 2.24) is 10.2 Å². The van der Waals surface area contributed by atoms with E-state index in [0.717, 1.165) is 18.4 Å². The van der Waals surface area contributed by atoms with Gasteiger partial charge in [0.05, 0.1) is 6.54 Å². The first-order chi connectivity index (χ1) is 12.9. The van der Waals surface area contributed by atoms with E-state index in [0.29, 0.717) is 10.8 Å². The number of halogens is 1. The minimum Gasteiger partial charge on any atom is -0.492 e. The molecule has 1 N–H and O–H groups in total. The van der Waals surface area contributed by atoms with E-state index in [9.17, 15) is 9.59 Å². The molecule has 1 aliphatic heterocycles. The predicted molar refractivity (Wildman–Crippen MR) is 105 cm³/mol. The number of nitrogens with zero attached hydrogens (tertiary/aromatic N) is 1. The van der Waals surface area contributed by atoms with Gasteiger partial charge in [-0.25, -0.2) is 4.79 Å². The molecule has 2 aromatic rings. The Morgan fingerprint density at radius 1 is 1.07 bits per heavy atom. The van der Waals surface area contributed by atoms with Gasteiger partial charge in [-0.15, -0.1) is 0 Å². The molecule has 0 saturated carbocycles. The Morgan fingerprint density at radius 3 is 2.37 bits per heavy atom. The molecular formula is C21H23ClN2O3. The van der Waals surface area contributed by atoms with Gasteiger partial charge >= 0.3 is 6.03 Å². The van der Waals surface area contributed by atoms with Crippen LogP contribution in [-0.4, -0.2) is 30.0 Å². The monoisotopic (exact) mass is 386 g/mol. The van der Waals surface area contributed by atoms with Gasteiger partial charge in [0.2, 0.25) is 0 Å². The molecule has 0 aliphatic carbocycles. The molecule has 1 aliphatic rings. The Balaban J connectivity index is 1.65. The number of urea groups is 1. The van der Waals surface area contributed by atoms with Crippen LogP contribution in [0.1, 0.15) is 31.4 Å². The van der Waals surface area contributed by atoms with Gasteiger partial charge in [-0.1, -0.05) is 49.2 Å². The highest BCUT2D eigenvalue weighted by atomic mass is 35.5. The summed E-state index contributed by atoms with van der Waals surface area (Å²) in [6.07, 6.45) is 2.05. The topological polar surface area (TPSA) is 58.6 Å². The van der Waals surface area contributed by atoms with E-state index in [1.165, 1.54) is 10.5 Å². The number of amides is 3. The predicted octanol–water partition coefficient (Wildman–Crippen LogP) is 4.14. The molecule has 1 atom stereocenters. The lowest BCUT2D eigenvalue weighted by Gasteiger charge is -2.22. The molecule has 142 valence electrons. The first kappa shape index (κ1) is 19.2. The van der Waals surface area contributed by atoms with Gasteiger partial charge in [0.25, 0.3) is 5.91 Å². The molecule has 0 aromatic heterocycles. The van der Waals surface area contributed by atoms with E-state index >= 15 is 0 Å². The second-order valence-electron chi connectivity index (χ2n) is 6.76. The lowest BCUT2D eigenvalue weighted by Crippen LogP contribution is -2.41. The lowest BCUT2D eigenvalue weighted by molar-refractivity contribution is -0.131. The van der Waals surface area contributed by atoms with Crippen LogP contribution in [0.4, 0.5) is 4.79 Å². The van der Waals surface area contributed by atoms with E-state index in [1.807, 2.05) is 24.3 Å². The quantitative estimate of drug-likeness (QED) is 0.727. The van der Waals surface area contributed by atoms with Gasteiger partial charge in [-0.3, -0.25) is 9.69 Å². The molecule has 1 unspecified atom stereocenters. The molecule has 3 amide bonds.